The van der Waals surface area contributed by atoms with Crippen LogP contribution in [0.2, 0.25) is 0 Å². The molecule has 0 radical (unpaired) electrons. The molecular formula is C8H9NO2. The molecular weight excluding hydrogens is 142 g/mol. The van der Waals surface area contributed by atoms with Gasteiger partial charge in [0.1, 0.15) is 0 Å². The second-order valence-electron chi connectivity index (χ2n) is 2.00. The largest absolute Gasteiger partial charge is 0.337 e. The van der Waals surface area contributed by atoms with Crippen molar-refractivity contribution in [3.8, 4) is 0 Å². The van der Waals surface area contributed by atoms with Crippen molar-refractivity contribution >= 4 is 5.97 Å². The molecule has 0 saturated carbocycles. The quantitative estimate of drug-likeness (QED) is 0.604. The minimum Gasteiger partial charge on any atom is -0.337 e. The Labute approximate surface area is 64.8 Å². The van der Waals surface area contributed by atoms with Gasteiger partial charge in [-0.1, -0.05) is 6.08 Å². The molecule has 1 aromatic rings. The molecule has 11 heavy (non-hydrogen) atoms. The van der Waals surface area contributed by atoms with Crippen LogP contribution in [0.25, 0.3) is 0 Å². The van der Waals surface area contributed by atoms with Gasteiger partial charge in [0.15, 0.2) is 0 Å². The van der Waals surface area contributed by atoms with Crippen molar-refractivity contribution < 1.29 is 9.63 Å². The molecule has 0 bridgehead atoms. The Kier molecular flexibility index (Phi) is 2.49. The van der Waals surface area contributed by atoms with E-state index in [-0.39, 0.29) is 12.4 Å². The Bertz CT molecular complexity index is 239. The van der Waals surface area contributed by atoms with Crippen molar-refractivity contribution in [2.24, 2.45) is 0 Å². The van der Waals surface area contributed by atoms with Gasteiger partial charge in [-0.05, 0) is 12.1 Å². The second-order valence-corrected chi connectivity index (χ2v) is 2.00. The summed E-state index contributed by atoms with van der Waals surface area (Å²) in [6.45, 7) is 3.42. The van der Waals surface area contributed by atoms with E-state index in [4.69, 9.17) is 4.84 Å². The van der Waals surface area contributed by atoms with E-state index in [2.05, 4.69) is 6.58 Å². The first-order chi connectivity index (χ1) is 5.33. The van der Waals surface area contributed by atoms with E-state index in [0.717, 1.165) is 0 Å². The number of carbonyl (C=O) groups excluding carboxylic acids is 1. The molecule has 0 atom stereocenters. The highest BCUT2D eigenvalue weighted by molar-refractivity contribution is 5.71. The number of carbonyl (C=O) groups is 1. The molecule has 3 heteroatoms. The zero-order valence-electron chi connectivity index (χ0n) is 6.06. The maximum absolute atomic E-state index is 10.8. The third-order valence-electron chi connectivity index (χ3n) is 1.10. The summed E-state index contributed by atoms with van der Waals surface area (Å²) in [5, 5.41) is 0. The molecule has 58 valence electrons. The molecule has 0 unspecified atom stereocenters. The molecule has 0 aliphatic rings. The zero-order chi connectivity index (χ0) is 8.10. The lowest BCUT2D eigenvalue weighted by Gasteiger charge is -2.00. The van der Waals surface area contributed by atoms with E-state index in [0.29, 0.717) is 0 Å². The summed E-state index contributed by atoms with van der Waals surface area (Å²) in [5.74, 6) is -0.309. The van der Waals surface area contributed by atoms with Crippen LogP contribution < -0.4 is 4.84 Å². The van der Waals surface area contributed by atoms with Crippen LogP contribution in [0.15, 0.2) is 37.2 Å². The first-order valence-electron chi connectivity index (χ1n) is 3.28. The van der Waals surface area contributed by atoms with Gasteiger partial charge >= 0.3 is 5.97 Å². The molecule has 0 spiro atoms. The highest BCUT2D eigenvalue weighted by Gasteiger charge is 1.98. The number of nitrogens with zero attached hydrogens (tertiary/aromatic N) is 1. The second kappa shape index (κ2) is 3.61. The number of hydrogen-bond acceptors (Lipinski definition) is 2. The van der Waals surface area contributed by atoms with Crippen LogP contribution in [0.3, 0.4) is 0 Å². The summed E-state index contributed by atoms with van der Waals surface area (Å²) in [7, 11) is 0. The zero-order valence-corrected chi connectivity index (χ0v) is 6.06. The molecule has 1 heterocycles. The summed E-state index contributed by atoms with van der Waals surface area (Å²) < 4.78 is 1.35. The van der Waals surface area contributed by atoms with Crippen molar-refractivity contribution in [3.05, 3.63) is 37.2 Å². The van der Waals surface area contributed by atoms with Crippen molar-refractivity contribution in [3.63, 3.8) is 0 Å². The van der Waals surface area contributed by atoms with Crippen LogP contribution in [-0.2, 0) is 4.79 Å². The van der Waals surface area contributed by atoms with E-state index in [1.165, 1.54) is 10.8 Å². The lowest BCUT2D eigenvalue weighted by atomic mass is 10.4. The smallest absolute Gasteiger partial charge is 0.336 e. The molecule has 0 aliphatic carbocycles. The molecule has 0 fully saturated rings. The summed E-state index contributed by atoms with van der Waals surface area (Å²) in [4.78, 5) is 15.6. The van der Waals surface area contributed by atoms with Crippen LogP contribution in [0.4, 0.5) is 0 Å². The molecule has 0 aliphatic heterocycles. The van der Waals surface area contributed by atoms with Gasteiger partial charge in [0, 0.05) is 12.4 Å². The van der Waals surface area contributed by atoms with Gasteiger partial charge < -0.3 is 4.84 Å². The maximum Gasteiger partial charge on any atom is 0.336 e. The number of hydrogen-bond donors (Lipinski definition) is 0. The standard InChI is InChI=1S/C8H9NO2/c1-2-5-8(10)11-9-6-3-4-7-9/h2-4,6-7H,1,5H2. The first kappa shape index (κ1) is 7.60. The Morgan fingerprint density at radius 2 is 2.18 bits per heavy atom. The van der Waals surface area contributed by atoms with E-state index < -0.39 is 0 Å². The molecule has 1 aromatic heterocycles. The summed E-state index contributed by atoms with van der Waals surface area (Å²) >= 11 is 0. The van der Waals surface area contributed by atoms with Crippen LogP contribution in [-0.4, -0.2) is 10.7 Å². The Hall–Kier alpha value is -1.51. The molecule has 0 aromatic carbocycles. The van der Waals surface area contributed by atoms with Gasteiger partial charge in [-0.3, -0.25) is 0 Å². The lowest BCUT2D eigenvalue weighted by molar-refractivity contribution is -0.143. The monoisotopic (exact) mass is 151 g/mol. The molecule has 0 saturated heterocycles. The van der Waals surface area contributed by atoms with Gasteiger partial charge in [0.05, 0.1) is 6.42 Å². The van der Waals surface area contributed by atoms with E-state index in [9.17, 15) is 4.79 Å². The molecule has 1 rings (SSSR count). The fourth-order valence-electron chi connectivity index (χ4n) is 0.652. The van der Waals surface area contributed by atoms with Crippen LogP contribution in [0.5, 0.6) is 0 Å². The lowest BCUT2D eigenvalue weighted by Crippen LogP contribution is -2.16. The molecule has 3 nitrogen and oxygen atoms in total. The third-order valence-corrected chi connectivity index (χ3v) is 1.10. The Morgan fingerprint density at radius 1 is 1.55 bits per heavy atom. The predicted molar refractivity (Wildman–Crippen MR) is 40.8 cm³/mol. The topological polar surface area (TPSA) is 31.2 Å². The van der Waals surface area contributed by atoms with Crippen molar-refractivity contribution in [1.29, 1.82) is 0 Å². The minimum atomic E-state index is -0.309. The van der Waals surface area contributed by atoms with Crippen molar-refractivity contribution in [2.45, 2.75) is 6.42 Å². The van der Waals surface area contributed by atoms with E-state index in [1.54, 1.807) is 24.5 Å². The number of rotatable bonds is 3. The highest BCUT2D eigenvalue weighted by atomic mass is 16.7. The fraction of sp³-hybridized carbons (Fsp3) is 0.125. The van der Waals surface area contributed by atoms with E-state index in [1.807, 2.05) is 0 Å². The highest BCUT2D eigenvalue weighted by Crippen LogP contribution is 1.88. The molecule has 0 amide bonds. The predicted octanol–water partition coefficient (Wildman–Crippen LogP) is 1.02. The normalized spacial score (nSPS) is 9.09. The first-order valence-corrected chi connectivity index (χ1v) is 3.28. The van der Waals surface area contributed by atoms with Crippen LogP contribution in [0.1, 0.15) is 6.42 Å². The van der Waals surface area contributed by atoms with Gasteiger partial charge in [0.25, 0.3) is 0 Å². The summed E-state index contributed by atoms with van der Waals surface area (Å²) in [6.07, 6.45) is 5.05. The maximum atomic E-state index is 10.8. The fourth-order valence-corrected chi connectivity index (χ4v) is 0.652. The van der Waals surface area contributed by atoms with Gasteiger partial charge in [-0.2, -0.15) is 4.73 Å². The van der Waals surface area contributed by atoms with Gasteiger partial charge in [-0.15, -0.1) is 6.58 Å². The van der Waals surface area contributed by atoms with Gasteiger partial charge in [0.2, 0.25) is 0 Å². The van der Waals surface area contributed by atoms with Gasteiger partial charge in [-0.25, -0.2) is 4.79 Å². The average Bonchev–Trinajstić information content (AvgIpc) is 2.40. The molecule has 0 N–H and O–H groups in total. The minimum absolute atomic E-state index is 0.234. The van der Waals surface area contributed by atoms with Crippen molar-refractivity contribution in [2.75, 3.05) is 0 Å². The Balaban J connectivity index is 2.43. The SMILES string of the molecule is C=CCC(=O)On1cccc1. The summed E-state index contributed by atoms with van der Waals surface area (Å²) in [6, 6.07) is 3.56. The van der Waals surface area contributed by atoms with Crippen LogP contribution in [0, 0.1) is 0 Å². The van der Waals surface area contributed by atoms with Crippen LogP contribution >= 0.6 is 0 Å². The summed E-state index contributed by atoms with van der Waals surface area (Å²) in [5.41, 5.74) is 0. The number of aromatic nitrogens is 1. The Morgan fingerprint density at radius 3 is 2.73 bits per heavy atom. The van der Waals surface area contributed by atoms with Crippen molar-refractivity contribution in [1.82, 2.24) is 4.73 Å². The average molecular weight is 151 g/mol. The third kappa shape index (κ3) is 2.29. The van der Waals surface area contributed by atoms with E-state index >= 15 is 0 Å².